The topological polar surface area (TPSA) is 40.4 Å². The van der Waals surface area contributed by atoms with Crippen molar-refractivity contribution in [2.45, 2.75) is 6.04 Å². The van der Waals surface area contributed by atoms with Crippen molar-refractivity contribution in [3.8, 4) is 5.75 Å². The lowest BCUT2D eigenvalue weighted by Gasteiger charge is -2.05. The van der Waals surface area contributed by atoms with Gasteiger partial charge < -0.3 is 14.8 Å². The Balaban J connectivity index is 1.86. The highest BCUT2D eigenvalue weighted by atomic mass is 16.5. The molecule has 1 saturated heterocycles. The summed E-state index contributed by atoms with van der Waals surface area (Å²) < 4.78 is 10.4. The molecule has 0 bridgehead atoms. The molecule has 0 aliphatic carbocycles. The Labute approximate surface area is 84.0 Å². The highest BCUT2D eigenvalue weighted by molar-refractivity contribution is 5.31. The number of rotatable bonds is 5. The Morgan fingerprint density at radius 2 is 2.00 bits per heavy atom. The molecule has 76 valence electrons. The van der Waals surface area contributed by atoms with E-state index in [2.05, 4.69) is 17.4 Å². The molecule has 0 radical (unpaired) electrons. The molecule has 1 aliphatic rings. The summed E-state index contributed by atoms with van der Waals surface area (Å²) in [6.45, 7) is 2.34. The van der Waals surface area contributed by atoms with Crippen molar-refractivity contribution in [3.05, 3.63) is 29.8 Å². The molecule has 0 aromatic heterocycles. The van der Waals surface area contributed by atoms with Gasteiger partial charge in [-0.3, -0.25) is 0 Å². The van der Waals surface area contributed by atoms with Gasteiger partial charge in [0.15, 0.2) is 0 Å². The van der Waals surface area contributed by atoms with Crippen LogP contribution in [0.15, 0.2) is 24.3 Å². The summed E-state index contributed by atoms with van der Waals surface area (Å²) in [5.74, 6) is 0.909. The largest absolute Gasteiger partial charge is 0.491 e. The molecule has 1 aromatic carbocycles. The van der Waals surface area contributed by atoms with Crippen molar-refractivity contribution >= 4 is 0 Å². The standard InChI is InChI=1S/C11H15NO2/c1-13-6-7-14-10-4-2-9(3-5-10)11-8-12-11/h2-5,11-12H,6-8H2,1H3. The molecule has 1 fully saturated rings. The maximum Gasteiger partial charge on any atom is 0.119 e. The van der Waals surface area contributed by atoms with Crippen LogP contribution in [0.3, 0.4) is 0 Å². The van der Waals surface area contributed by atoms with E-state index < -0.39 is 0 Å². The first-order chi connectivity index (χ1) is 6.90. The highest BCUT2D eigenvalue weighted by Gasteiger charge is 2.21. The van der Waals surface area contributed by atoms with Crippen molar-refractivity contribution in [1.29, 1.82) is 0 Å². The fourth-order valence-electron chi connectivity index (χ4n) is 1.33. The SMILES string of the molecule is COCCOc1ccc(C2CN2)cc1. The van der Waals surface area contributed by atoms with E-state index in [1.54, 1.807) is 7.11 Å². The third kappa shape index (κ3) is 2.47. The molecule has 1 aliphatic heterocycles. The number of hydrogen-bond acceptors (Lipinski definition) is 3. The van der Waals surface area contributed by atoms with E-state index in [1.165, 1.54) is 5.56 Å². The van der Waals surface area contributed by atoms with Gasteiger partial charge in [0.2, 0.25) is 0 Å². The molecule has 2 rings (SSSR count). The quantitative estimate of drug-likeness (QED) is 0.567. The lowest BCUT2D eigenvalue weighted by atomic mass is 10.1. The summed E-state index contributed by atoms with van der Waals surface area (Å²) in [7, 11) is 1.67. The summed E-state index contributed by atoms with van der Waals surface area (Å²) >= 11 is 0. The van der Waals surface area contributed by atoms with Crippen LogP contribution in [-0.2, 0) is 4.74 Å². The first-order valence-corrected chi connectivity index (χ1v) is 4.85. The van der Waals surface area contributed by atoms with Crippen LogP contribution in [0.5, 0.6) is 5.75 Å². The van der Waals surface area contributed by atoms with Crippen molar-refractivity contribution in [2.75, 3.05) is 26.9 Å². The fourth-order valence-corrected chi connectivity index (χ4v) is 1.33. The Morgan fingerprint density at radius 1 is 1.29 bits per heavy atom. The van der Waals surface area contributed by atoms with Gasteiger partial charge in [-0.15, -0.1) is 0 Å². The van der Waals surface area contributed by atoms with Gasteiger partial charge in [-0.25, -0.2) is 0 Å². The second kappa shape index (κ2) is 4.44. The summed E-state index contributed by atoms with van der Waals surface area (Å²) in [6, 6.07) is 8.79. The molecule has 1 heterocycles. The number of methoxy groups -OCH3 is 1. The van der Waals surface area contributed by atoms with Gasteiger partial charge in [0, 0.05) is 19.7 Å². The molecule has 0 spiro atoms. The Hall–Kier alpha value is -1.06. The van der Waals surface area contributed by atoms with Crippen LogP contribution in [0.25, 0.3) is 0 Å². The number of ether oxygens (including phenoxy) is 2. The molecule has 1 aromatic rings. The molecule has 0 saturated carbocycles. The zero-order valence-corrected chi connectivity index (χ0v) is 8.32. The van der Waals surface area contributed by atoms with E-state index in [4.69, 9.17) is 9.47 Å². The molecule has 1 N–H and O–H groups in total. The summed E-state index contributed by atoms with van der Waals surface area (Å²) in [5.41, 5.74) is 1.34. The van der Waals surface area contributed by atoms with Crippen LogP contribution in [-0.4, -0.2) is 26.9 Å². The number of nitrogens with one attached hydrogen (secondary N) is 1. The first kappa shape index (κ1) is 9.49. The van der Waals surface area contributed by atoms with Gasteiger partial charge in [0.25, 0.3) is 0 Å². The van der Waals surface area contributed by atoms with Crippen molar-refractivity contribution in [2.24, 2.45) is 0 Å². The lowest BCUT2D eigenvalue weighted by molar-refractivity contribution is 0.146. The van der Waals surface area contributed by atoms with Crippen LogP contribution in [0, 0.1) is 0 Å². The van der Waals surface area contributed by atoms with Crippen molar-refractivity contribution in [1.82, 2.24) is 5.32 Å². The van der Waals surface area contributed by atoms with E-state index in [0.717, 1.165) is 12.3 Å². The summed E-state index contributed by atoms with van der Waals surface area (Å²) in [5, 5.41) is 3.26. The van der Waals surface area contributed by atoms with Gasteiger partial charge in [-0.05, 0) is 17.7 Å². The number of benzene rings is 1. The zero-order chi connectivity index (χ0) is 9.80. The second-order valence-corrected chi connectivity index (χ2v) is 3.37. The third-order valence-electron chi connectivity index (χ3n) is 2.25. The second-order valence-electron chi connectivity index (χ2n) is 3.37. The molecule has 1 unspecified atom stereocenters. The van der Waals surface area contributed by atoms with E-state index in [1.807, 2.05) is 12.1 Å². The molecular formula is C11H15NO2. The van der Waals surface area contributed by atoms with Gasteiger partial charge in [-0.2, -0.15) is 0 Å². The maximum absolute atomic E-state index is 5.46. The molecule has 3 heteroatoms. The fraction of sp³-hybridized carbons (Fsp3) is 0.455. The molecule has 14 heavy (non-hydrogen) atoms. The number of hydrogen-bond donors (Lipinski definition) is 1. The Bertz CT molecular complexity index is 280. The average molecular weight is 193 g/mol. The van der Waals surface area contributed by atoms with Crippen LogP contribution >= 0.6 is 0 Å². The minimum absolute atomic E-state index is 0.572. The molecular weight excluding hydrogens is 178 g/mol. The van der Waals surface area contributed by atoms with E-state index in [-0.39, 0.29) is 0 Å². The minimum Gasteiger partial charge on any atom is -0.491 e. The monoisotopic (exact) mass is 193 g/mol. The van der Waals surface area contributed by atoms with E-state index >= 15 is 0 Å². The van der Waals surface area contributed by atoms with Gasteiger partial charge >= 0.3 is 0 Å². The third-order valence-corrected chi connectivity index (χ3v) is 2.25. The van der Waals surface area contributed by atoms with Crippen LogP contribution in [0.4, 0.5) is 0 Å². The molecule has 1 atom stereocenters. The Kier molecular flexibility index (Phi) is 3.01. The van der Waals surface area contributed by atoms with Gasteiger partial charge in [0.05, 0.1) is 6.61 Å². The highest BCUT2D eigenvalue weighted by Crippen LogP contribution is 2.23. The average Bonchev–Trinajstić information content (AvgIpc) is 3.03. The minimum atomic E-state index is 0.572. The van der Waals surface area contributed by atoms with E-state index in [0.29, 0.717) is 19.3 Å². The van der Waals surface area contributed by atoms with Crippen LogP contribution < -0.4 is 10.1 Å². The van der Waals surface area contributed by atoms with Gasteiger partial charge in [0.1, 0.15) is 12.4 Å². The normalized spacial score (nSPS) is 19.4. The first-order valence-electron chi connectivity index (χ1n) is 4.85. The maximum atomic E-state index is 5.46. The van der Waals surface area contributed by atoms with Crippen molar-refractivity contribution < 1.29 is 9.47 Å². The van der Waals surface area contributed by atoms with E-state index in [9.17, 15) is 0 Å². The van der Waals surface area contributed by atoms with Crippen molar-refractivity contribution in [3.63, 3.8) is 0 Å². The smallest absolute Gasteiger partial charge is 0.119 e. The molecule has 3 nitrogen and oxygen atoms in total. The predicted molar refractivity (Wildman–Crippen MR) is 54.6 cm³/mol. The van der Waals surface area contributed by atoms with Crippen LogP contribution in [0.2, 0.25) is 0 Å². The van der Waals surface area contributed by atoms with Crippen LogP contribution in [0.1, 0.15) is 11.6 Å². The summed E-state index contributed by atoms with van der Waals surface area (Å²) in [6.07, 6.45) is 0. The lowest BCUT2D eigenvalue weighted by Crippen LogP contribution is -2.04. The zero-order valence-electron chi connectivity index (χ0n) is 8.32. The Morgan fingerprint density at radius 3 is 2.57 bits per heavy atom. The predicted octanol–water partition coefficient (Wildman–Crippen LogP) is 1.36. The summed E-state index contributed by atoms with van der Waals surface area (Å²) in [4.78, 5) is 0. The molecule has 0 amide bonds. The van der Waals surface area contributed by atoms with Gasteiger partial charge in [-0.1, -0.05) is 12.1 Å².